The van der Waals surface area contributed by atoms with E-state index in [0.717, 1.165) is 36.4 Å². The minimum atomic E-state index is 0.737. The number of methoxy groups -OCH3 is 1. The van der Waals surface area contributed by atoms with Crippen molar-refractivity contribution in [3.63, 3.8) is 0 Å². The van der Waals surface area contributed by atoms with Gasteiger partial charge in [0.2, 0.25) is 0 Å². The van der Waals surface area contributed by atoms with Gasteiger partial charge in [-0.2, -0.15) is 0 Å². The lowest BCUT2D eigenvalue weighted by Crippen LogP contribution is -2.38. The second-order valence-corrected chi connectivity index (χ2v) is 5.28. The number of nitrogens with two attached hydrogens (primary N) is 1. The average molecular weight is 234 g/mol. The standard InChI is InChI=1S/C14H22N2O/c1-10-6-11(2)9-16(8-10)13-5-4-12(15)7-14(13)17-3/h4-5,7,10-11H,6,8-9,15H2,1-3H3/t10-,11+. The van der Waals surface area contributed by atoms with Gasteiger partial charge in [-0.15, -0.1) is 0 Å². The molecule has 1 saturated heterocycles. The third kappa shape index (κ3) is 2.65. The van der Waals surface area contributed by atoms with E-state index >= 15 is 0 Å². The van der Waals surface area contributed by atoms with Crippen LogP contribution in [0.5, 0.6) is 5.75 Å². The molecule has 0 aromatic heterocycles. The van der Waals surface area contributed by atoms with Crippen LogP contribution in [0.3, 0.4) is 0 Å². The lowest BCUT2D eigenvalue weighted by atomic mass is 9.91. The highest BCUT2D eigenvalue weighted by Crippen LogP contribution is 2.34. The van der Waals surface area contributed by atoms with Crippen LogP contribution in [0, 0.1) is 11.8 Å². The molecule has 0 amide bonds. The van der Waals surface area contributed by atoms with E-state index in [4.69, 9.17) is 10.5 Å². The third-order valence-electron chi connectivity index (χ3n) is 3.41. The van der Waals surface area contributed by atoms with Gasteiger partial charge in [-0.25, -0.2) is 0 Å². The van der Waals surface area contributed by atoms with Gasteiger partial charge in [0.25, 0.3) is 0 Å². The van der Waals surface area contributed by atoms with Crippen molar-refractivity contribution in [3.05, 3.63) is 18.2 Å². The Hall–Kier alpha value is -1.38. The Bertz CT molecular complexity index is 382. The van der Waals surface area contributed by atoms with Crippen molar-refractivity contribution in [1.82, 2.24) is 0 Å². The molecule has 1 fully saturated rings. The van der Waals surface area contributed by atoms with Crippen LogP contribution in [0.15, 0.2) is 18.2 Å². The highest BCUT2D eigenvalue weighted by atomic mass is 16.5. The van der Waals surface area contributed by atoms with E-state index < -0.39 is 0 Å². The van der Waals surface area contributed by atoms with Crippen molar-refractivity contribution in [2.45, 2.75) is 20.3 Å². The molecule has 2 atom stereocenters. The molecule has 1 aliphatic rings. The summed E-state index contributed by atoms with van der Waals surface area (Å²) in [5.41, 5.74) is 7.71. The zero-order valence-electron chi connectivity index (χ0n) is 10.9. The molecular formula is C14H22N2O. The molecule has 0 aliphatic carbocycles. The molecule has 17 heavy (non-hydrogen) atoms. The number of anilines is 2. The summed E-state index contributed by atoms with van der Waals surface area (Å²) >= 11 is 0. The predicted octanol–water partition coefficient (Wildman–Crippen LogP) is 2.76. The van der Waals surface area contributed by atoms with E-state index in [1.54, 1.807) is 7.11 Å². The lowest BCUT2D eigenvalue weighted by molar-refractivity contribution is 0.351. The van der Waals surface area contributed by atoms with E-state index in [0.29, 0.717) is 0 Å². The Kier molecular flexibility index (Phi) is 3.46. The van der Waals surface area contributed by atoms with E-state index in [9.17, 15) is 0 Å². The molecule has 94 valence electrons. The summed E-state index contributed by atoms with van der Waals surface area (Å²) < 4.78 is 5.43. The average Bonchev–Trinajstić information content (AvgIpc) is 2.27. The highest BCUT2D eigenvalue weighted by molar-refractivity contribution is 5.64. The molecule has 1 aromatic rings. The van der Waals surface area contributed by atoms with E-state index in [1.165, 1.54) is 12.1 Å². The zero-order valence-corrected chi connectivity index (χ0v) is 10.9. The second-order valence-electron chi connectivity index (χ2n) is 5.28. The lowest BCUT2D eigenvalue weighted by Gasteiger charge is -2.37. The van der Waals surface area contributed by atoms with Crippen molar-refractivity contribution in [3.8, 4) is 5.75 Å². The van der Waals surface area contributed by atoms with E-state index in [2.05, 4.69) is 24.8 Å². The Labute approximate surface area is 104 Å². The van der Waals surface area contributed by atoms with Crippen molar-refractivity contribution >= 4 is 11.4 Å². The minimum absolute atomic E-state index is 0.737. The summed E-state index contributed by atoms with van der Waals surface area (Å²) in [5.74, 6) is 2.35. The summed E-state index contributed by atoms with van der Waals surface area (Å²) in [4.78, 5) is 2.41. The van der Waals surface area contributed by atoms with Gasteiger partial charge < -0.3 is 15.4 Å². The van der Waals surface area contributed by atoms with Gasteiger partial charge in [0.05, 0.1) is 12.8 Å². The SMILES string of the molecule is COc1cc(N)ccc1N1C[C@H](C)C[C@H](C)C1. The van der Waals surface area contributed by atoms with Gasteiger partial charge >= 0.3 is 0 Å². The van der Waals surface area contributed by atoms with Crippen LogP contribution in [-0.4, -0.2) is 20.2 Å². The number of hydrogen-bond acceptors (Lipinski definition) is 3. The normalized spacial score (nSPS) is 24.8. The van der Waals surface area contributed by atoms with Gasteiger partial charge in [0.1, 0.15) is 5.75 Å². The number of rotatable bonds is 2. The Morgan fingerprint density at radius 3 is 2.47 bits per heavy atom. The molecule has 1 aromatic carbocycles. The summed E-state index contributed by atoms with van der Waals surface area (Å²) in [6.45, 7) is 6.83. The van der Waals surface area contributed by atoms with Crippen LogP contribution in [-0.2, 0) is 0 Å². The molecule has 1 aliphatic heterocycles. The molecule has 0 bridgehead atoms. The van der Waals surface area contributed by atoms with Crippen molar-refractivity contribution in [1.29, 1.82) is 0 Å². The largest absolute Gasteiger partial charge is 0.495 e. The summed E-state index contributed by atoms with van der Waals surface area (Å²) in [6, 6.07) is 5.92. The molecule has 0 radical (unpaired) electrons. The smallest absolute Gasteiger partial charge is 0.144 e. The monoisotopic (exact) mass is 234 g/mol. The molecule has 0 saturated carbocycles. The second kappa shape index (κ2) is 4.86. The fourth-order valence-electron chi connectivity index (χ4n) is 2.82. The summed E-state index contributed by atoms with van der Waals surface area (Å²) in [6.07, 6.45) is 1.31. The first-order valence-corrected chi connectivity index (χ1v) is 6.28. The van der Waals surface area contributed by atoms with Crippen molar-refractivity contribution in [2.75, 3.05) is 30.8 Å². The Balaban J connectivity index is 2.26. The molecule has 2 N–H and O–H groups in total. The molecule has 3 nitrogen and oxygen atoms in total. The van der Waals surface area contributed by atoms with Gasteiger partial charge in [-0.3, -0.25) is 0 Å². The fraction of sp³-hybridized carbons (Fsp3) is 0.571. The molecule has 2 rings (SSSR count). The maximum absolute atomic E-state index is 5.79. The molecule has 1 heterocycles. The highest BCUT2D eigenvalue weighted by Gasteiger charge is 2.23. The number of nitrogens with zero attached hydrogens (tertiary/aromatic N) is 1. The van der Waals surface area contributed by atoms with Gasteiger partial charge in [0.15, 0.2) is 0 Å². The molecule has 0 spiro atoms. The van der Waals surface area contributed by atoms with Gasteiger partial charge in [-0.05, 0) is 30.4 Å². The Morgan fingerprint density at radius 2 is 1.88 bits per heavy atom. The quantitative estimate of drug-likeness (QED) is 0.800. The van der Waals surface area contributed by atoms with Crippen LogP contribution in [0.4, 0.5) is 11.4 Å². The maximum Gasteiger partial charge on any atom is 0.144 e. The number of ether oxygens (including phenoxy) is 1. The summed E-state index contributed by atoms with van der Waals surface area (Å²) in [5, 5.41) is 0. The van der Waals surface area contributed by atoms with E-state index in [-0.39, 0.29) is 0 Å². The first-order valence-electron chi connectivity index (χ1n) is 6.28. The number of hydrogen-bond donors (Lipinski definition) is 1. The van der Waals surface area contributed by atoms with Crippen LogP contribution in [0.25, 0.3) is 0 Å². The molecular weight excluding hydrogens is 212 g/mol. The van der Waals surface area contributed by atoms with Crippen LogP contribution in [0.1, 0.15) is 20.3 Å². The van der Waals surface area contributed by atoms with Gasteiger partial charge in [0, 0.05) is 24.8 Å². The minimum Gasteiger partial charge on any atom is -0.495 e. The predicted molar refractivity (Wildman–Crippen MR) is 72.6 cm³/mol. The van der Waals surface area contributed by atoms with E-state index in [1.807, 2.05) is 12.1 Å². The van der Waals surface area contributed by atoms with Crippen LogP contribution >= 0.6 is 0 Å². The Morgan fingerprint density at radius 1 is 1.24 bits per heavy atom. The molecule has 3 heteroatoms. The number of nitrogen functional groups attached to an aromatic ring is 1. The van der Waals surface area contributed by atoms with Gasteiger partial charge in [-0.1, -0.05) is 13.8 Å². The molecule has 0 unspecified atom stereocenters. The van der Waals surface area contributed by atoms with Crippen molar-refractivity contribution < 1.29 is 4.74 Å². The van der Waals surface area contributed by atoms with Crippen LogP contribution in [0.2, 0.25) is 0 Å². The van der Waals surface area contributed by atoms with Crippen LogP contribution < -0.4 is 15.4 Å². The maximum atomic E-state index is 5.79. The zero-order chi connectivity index (χ0) is 12.4. The topological polar surface area (TPSA) is 38.5 Å². The van der Waals surface area contributed by atoms with Crippen molar-refractivity contribution in [2.24, 2.45) is 11.8 Å². The first kappa shape index (κ1) is 12.1. The fourth-order valence-corrected chi connectivity index (χ4v) is 2.82. The number of benzene rings is 1. The first-order chi connectivity index (χ1) is 8.10. The summed E-state index contributed by atoms with van der Waals surface area (Å²) in [7, 11) is 1.70. The number of piperidine rings is 1. The third-order valence-corrected chi connectivity index (χ3v) is 3.41.